The number of nitrogens with one attached hydrogen (secondary N) is 1. The Morgan fingerprint density at radius 3 is 2.61 bits per heavy atom. The lowest BCUT2D eigenvalue weighted by atomic mass is 9.98. The third-order valence-corrected chi connectivity index (χ3v) is 5.57. The van der Waals surface area contributed by atoms with Crippen molar-refractivity contribution in [2.75, 3.05) is 32.6 Å². The number of benzene rings is 2. The first kappa shape index (κ1) is 21.0. The van der Waals surface area contributed by atoms with Gasteiger partial charge in [-0.25, -0.2) is 4.98 Å². The first-order valence-corrected chi connectivity index (χ1v) is 10.4. The average Bonchev–Trinajstić information content (AvgIpc) is 3.13. The van der Waals surface area contributed by atoms with Crippen LogP contribution in [0.1, 0.15) is 18.1 Å². The van der Waals surface area contributed by atoms with E-state index in [2.05, 4.69) is 10.3 Å². The van der Waals surface area contributed by atoms with Crippen LogP contribution in [0.5, 0.6) is 11.5 Å². The summed E-state index contributed by atoms with van der Waals surface area (Å²) in [7, 11) is 3.24. The van der Waals surface area contributed by atoms with Gasteiger partial charge in [0.05, 0.1) is 31.4 Å². The molecule has 1 amide bonds. The smallest absolute Gasteiger partial charge is 0.242 e. The number of ether oxygens (including phenoxy) is 2. The molecule has 1 aromatic heterocycles. The van der Waals surface area contributed by atoms with Gasteiger partial charge in [0.25, 0.3) is 0 Å². The minimum atomic E-state index is -0.519. The van der Waals surface area contributed by atoms with E-state index in [4.69, 9.17) is 9.47 Å². The Morgan fingerprint density at radius 2 is 1.90 bits per heavy atom. The lowest BCUT2D eigenvalue weighted by Gasteiger charge is -2.30. The van der Waals surface area contributed by atoms with Crippen LogP contribution in [0, 0.1) is 0 Å². The van der Waals surface area contributed by atoms with E-state index in [-0.39, 0.29) is 12.5 Å². The van der Waals surface area contributed by atoms with E-state index in [0.29, 0.717) is 37.1 Å². The number of amides is 1. The van der Waals surface area contributed by atoms with Crippen LogP contribution in [-0.4, -0.2) is 58.9 Å². The van der Waals surface area contributed by atoms with Gasteiger partial charge in [-0.2, -0.15) is 0 Å². The van der Waals surface area contributed by atoms with Crippen molar-refractivity contribution < 1.29 is 19.4 Å². The monoisotopic (exact) mass is 424 g/mol. The van der Waals surface area contributed by atoms with Gasteiger partial charge in [-0.15, -0.1) is 0 Å². The van der Waals surface area contributed by atoms with Gasteiger partial charge in [0, 0.05) is 19.6 Å². The van der Waals surface area contributed by atoms with Crippen LogP contribution >= 0.6 is 0 Å². The summed E-state index contributed by atoms with van der Waals surface area (Å²) in [6.07, 6.45) is 0.244. The normalized spacial score (nSPS) is 14.3. The molecule has 0 aliphatic carbocycles. The SMILES string of the molecule is COc1cc2c(cc1OC)CN(C(=O)Cn1c(NC[C@H](C)O)nc3ccccc31)CC2. The molecule has 2 aromatic carbocycles. The van der Waals surface area contributed by atoms with E-state index < -0.39 is 6.10 Å². The largest absolute Gasteiger partial charge is 0.493 e. The third-order valence-electron chi connectivity index (χ3n) is 5.57. The zero-order valence-corrected chi connectivity index (χ0v) is 18.1. The Kier molecular flexibility index (Phi) is 5.99. The molecule has 0 bridgehead atoms. The first-order valence-electron chi connectivity index (χ1n) is 10.4. The molecule has 1 atom stereocenters. The fraction of sp³-hybridized carbons (Fsp3) is 0.391. The summed E-state index contributed by atoms with van der Waals surface area (Å²) in [4.78, 5) is 19.7. The molecule has 164 valence electrons. The summed E-state index contributed by atoms with van der Waals surface area (Å²) < 4.78 is 12.7. The topological polar surface area (TPSA) is 88.9 Å². The zero-order chi connectivity index (χ0) is 22.0. The quantitative estimate of drug-likeness (QED) is 0.606. The second-order valence-corrected chi connectivity index (χ2v) is 7.78. The van der Waals surface area contributed by atoms with Crippen molar-refractivity contribution in [1.82, 2.24) is 14.5 Å². The predicted octanol–water partition coefficient (Wildman–Crippen LogP) is 2.43. The molecule has 2 N–H and O–H groups in total. The van der Waals surface area contributed by atoms with Crippen LogP contribution in [0.3, 0.4) is 0 Å². The maximum absolute atomic E-state index is 13.2. The van der Waals surface area contributed by atoms with Crippen LogP contribution in [-0.2, 0) is 24.3 Å². The molecule has 1 aliphatic heterocycles. The molecule has 8 heteroatoms. The predicted molar refractivity (Wildman–Crippen MR) is 119 cm³/mol. The Bertz CT molecular complexity index is 1090. The molecule has 4 rings (SSSR count). The van der Waals surface area contributed by atoms with Crippen LogP contribution in [0.4, 0.5) is 5.95 Å². The van der Waals surface area contributed by atoms with Gasteiger partial charge in [0.2, 0.25) is 11.9 Å². The number of aromatic nitrogens is 2. The summed E-state index contributed by atoms with van der Waals surface area (Å²) >= 11 is 0. The summed E-state index contributed by atoms with van der Waals surface area (Å²) in [6.45, 7) is 3.41. The van der Waals surface area contributed by atoms with E-state index in [1.807, 2.05) is 45.9 Å². The second kappa shape index (κ2) is 8.85. The maximum atomic E-state index is 13.2. The fourth-order valence-corrected chi connectivity index (χ4v) is 3.94. The standard InChI is InChI=1S/C23H28N4O4/c1-15(28)12-24-23-25-18-6-4-5-7-19(18)27(23)14-22(29)26-9-8-16-10-20(30-2)21(31-3)11-17(16)13-26/h4-7,10-11,15,28H,8-9,12-14H2,1-3H3,(H,24,25)/t15-/m0/s1. The number of nitrogens with zero attached hydrogens (tertiary/aromatic N) is 3. The van der Waals surface area contributed by atoms with Gasteiger partial charge >= 0.3 is 0 Å². The van der Waals surface area contributed by atoms with E-state index in [1.165, 1.54) is 5.56 Å². The molecule has 0 unspecified atom stereocenters. The van der Waals surface area contributed by atoms with Crippen LogP contribution in [0.2, 0.25) is 0 Å². The molecule has 31 heavy (non-hydrogen) atoms. The van der Waals surface area contributed by atoms with E-state index in [9.17, 15) is 9.90 Å². The van der Waals surface area contributed by atoms with Crippen molar-refractivity contribution in [3.05, 3.63) is 47.5 Å². The van der Waals surface area contributed by atoms with Crippen molar-refractivity contribution >= 4 is 22.9 Å². The van der Waals surface area contributed by atoms with Gasteiger partial charge in [-0.3, -0.25) is 4.79 Å². The highest BCUT2D eigenvalue weighted by Crippen LogP contribution is 2.33. The summed E-state index contributed by atoms with van der Waals surface area (Å²) in [6, 6.07) is 11.7. The first-order chi connectivity index (χ1) is 15.0. The van der Waals surface area contributed by atoms with Gasteiger partial charge < -0.3 is 29.4 Å². The van der Waals surface area contributed by atoms with Gasteiger partial charge in [0.15, 0.2) is 11.5 Å². The molecule has 3 aromatic rings. The number of imidazole rings is 1. The zero-order valence-electron chi connectivity index (χ0n) is 18.1. The number of hydrogen-bond acceptors (Lipinski definition) is 6. The van der Waals surface area contributed by atoms with E-state index in [0.717, 1.165) is 23.0 Å². The summed E-state index contributed by atoms with van der Waals surface area (Å²) in [5.41, 5.74) is 3.94. The van der Waals surface area contributed by atoms with Gasteiger partial charge in [-0.05, 0) is 48.7 Å². The number of fused-ring (bicyclic) bond motifs is 2. The van der Waals surface area contributed by atoms with E-state index in [1.54, 1.807) is 21.1 Å². The molecule has 2 heterocycles. The highest BCUT2D eigenvalue weighted by Gasteiger charge is 2.24. The number of anilines is 1. The third kappa shape index (κ3) is 4.29. The van der Waals surface area contributed by atoms with Crippen molar-refractivity contribution in [2.24, 2.45) is 0 Å². The number of rotatable bonds is 7. The van der Waals surface area contributed by atoms with Crippen LogP contribution in [0.15, 0.2) is 36.4 Å². The Hall–Kier alpha value is -3.26. The van der Waals surface area contributed by atoms with Gasteiger partial charge in [-0.1, -0.05) is 12.1 Å². The highest BCUT2D eigenvalue weighted by atomic mass is 16.5. The minimum absolute atomic E-state index is 0.0173. The highest BCUT2D eigenvalue weighted by molar-refractivity contribution is 5.83. The molecular weight excluding hydrogens is 396 g/mol. The number of hydrogen-bond donors (Lipinski definition) is 2. The number of carbonyl (C=O) groups is 1. The lowest BCUT2D eigenvalue weighted by molar-refractivity contribution is -0.132. The molecule has 0 saturated carbocycles. The molecule has 8 nitrogen and oxygen atoms in total. The van der Waals surface area contributed by atoms with Crippen molar-refractivity contribution in [1.29, 1.82) is 0 Å². The Labute approximate surface area is 181 Å². The lowest BCUT2D eigenvalue weighted by Crippen LogP contribution is -2.38. The molecular formula is C23H28N4O4. The Balaban J connectivity index is 1.56. The van der Waals surface area contributed by atoms with Crippen molar-refractivity contribution in [2.45, 2.75) is 32.5 Å². The van der Waals surface area contributed by atoms with Crippen LogP contribution in [0.25, 0.3) is 11.0 Å². The number of carbonyl (C=O) groups excluding carboxylic acids is 1. The number of aliphatic hydroxyl groups is 1. The Morgan fingerprint density at radius 1 is 1.19 bits per heavy atom. The number of aliphatic hydroxyl groups excluding tert-OH is 1. The van der Waals surface area contributed by atoms with Crippen molar-refractivity contribution in [3.63, 3.8) is 0 Å². The molecule has 1 aliphatic rings. The van der Waals surface area contributed by atoms with E-state index >= 15 is 0 Å². The molecule has 0 radical (unpaired) electrons. The maximum Gasteiger partial charge on any atom is 0.242 e. The minimum Gasteiger partial charge on any atom is -0.493 e. The van der Waals surface area contributed by atoms with Gasteiger partial charge in [0.1, 0.15) is 6.54 Å². The summed E-state index contributed by atoms with van der Waals surface area (Å²) in [5, 5.41) is 12.8. The van der Waals surface area contributed by atoms with Crippen LogP contribution < -0.4 is 14.8 Å². The molecule has 0 spiro atoms. The van der Waals surface area contributed by atoms with Crippen molar-refractivity contribution in [3.8, 4) is 11.5 Å². The molecule has 0 saturated heterocycles. The second-order valence-electron chi connectivity index (χ2n) is 7.78. The molecule has 0 fully saturated rings. The number of para-hydroxylation sites is 2. The fourth-order valence-electron chi connectivity index (χ4n) is 3.94. The number of methoxy groups -OCH3 is 2. The average molecular weight is 425 g/mol. The summed E-state index contributed by atoms with van der Waals surface area (Å²) in [5.74, 6) is 1.98.